The number of likely N-dealkylation sites (N-methyl/N-ethyl adjacent to an activating group) is 1. The second-order valence-corrected chi connectivity index (χ2v) is 4.99. The van der Waals surface area contributed by atoms with Crippen LogP contribution in [0.3, 0.4) is 0 Å². The van der Waals surface area contributed by atoms with Gasteiger partial charge in [0.05, 0.1) is 5.57 Å². The van der Waals surface area contributed by atoms with E-state index in [1.807, 2.05) is 13.1 Å². The molecular weight excluding hydrogens is 268 g/mol. The molecule has 1 saturated heterocycles. The van der Waals surface area contributed by atoms with Gasteiger partial charge in [0.25, 0.3) is 5.91 Å². The lowest BCUT2D eigenvalue weighted by atomic mass is 10.1. The van der Waals surface area contributed by atoms with E-state index in [0.29, 0.717) is 6.54 Å². The van der Waals surface area contributed by atoms with E-state index in [2.05, 4.69) is 38.3 Å². The van der Waals surface area contributed by atoms with Crippen LogP contribution in [0.1, 0.15) is 12.8 Å². The summed E-state index contributed by atoms with van der Waals surface area (Å²) in [5.41, 5.74) is 1.84. The molecule has 0 atom stereocenters. The first-order valence-electron chi connectivity index (χ1n) is 5.43. The summed E-state index contributed by atoms with van der Waals surface area (Å²) >= 11 is 3.51. The lowest BCUT2D eigenvalue weighted by Crippen LogP contribution is -2.25. The quantitative estimate of drug-likeness (QED) is 0.736. The lowest BCUT2D eigenvalue weighted by molar-refractivity contribution is -0.117. The monoisotopic (exact) mass is 282 g/mol. The Bertz CT molecular complexity index is 396. The fraction of sp³-hybridized carbons (Fsp3) is 0.417. The van der Waals surface area contributed by atoms with Gasteiger partial charge in [0.1, 0.15) is 0 Å². The standard InChI is InChI=1S/C12H15BrN2O/c1-15-8-7-14-12(16)10-4-2-3-9(13)5-6-11(10)15/h3-4,6H,2,5,7-8H2,1H3,(H,14,16)/b9-3+,10-4?,11-6?. The Balaban J connectivity index is 2.39. The predicted octanol–water partition coefficient (Wildman–Crippen LogP) is 1.93. The van der Waals surface area contributed by atoms with Gasteiger partial charge in [0.2, 0.25) is 0 Å². The molecule has 86 valence electrons. The van der Waals surface area contributed by atoms with Gasteiger partial charge in [-0.15, -0.1) is 0 Å². The molecule has 0 aromatic carbocycles. The van der Waals surface area contributed by atoms with Crippen molar-refractivity contribution in [3.63, 3.8) is 0 Å². The topological polar surface area (TPSA) is 32.3 Å². The van der Waals surface area contributed by atoms with Crippen LogP contribution in [0.15, 0.2) is 34.0 Å². The minimum atomic E-state index is 0.0435. The van der Waals surface area contributed by atoms with E-state index in [1.54, 1.807) is 0 Å². The number of nitrogens with one attached hydrogen (secondary N) is 1. The normalized spacial score (nSPS) is 25.0. The molecule has 0 aromatic heterocycles. The van der Waals surface area contributed by atoms with Crippen molar-refractivity contribution in [3.05, 3.63) is 34.0 Å². The van der Waals surface area contributed by atoms with E-state index in [-0.39, 0.29) is 5.91 Å². The Morgan fingerprint density at radius 1 is 1.38 bits per heavy atom. The molecule has 3 nitrogen and oxygen atoms in total. The lowest BCUT2D eigenvalue weighted by Gasteiger charge is -2.21. The summed E-state index contributed by atoms with van der Waals surface area (Å²) in [6.07, 6.45) is 7.84. The number of carbonyl (C=O) groups excluding carboxylic acids is 1. The second kappa shape index (κ2) is 4.87. The molecule has 1 aliphatic carbocycles. The maximum atomic E-state index is 11.9. The van der Waals surface area contributed by atoms with Gasteiger partial charge < -0.3 is 10.2 Å². The first kappa shape index (κ1) is 11.5. The summed E-state index contributed by atoms with van der Waals surface area (Å²) in [6, 6.07) is 0. The highest BCUT2D eigenvalue weighted by Gasteiger charge is 2.21. The summed E-state index contributed by atoms with van der Waals surface area (Å²) in [7, 11) is 2.03. The highest BCUT2D eigenvalue weighted by Crippen LogP contribution is 2.24. The molecule has 0 bridgehead atoms. The molecule has 1 fully saturated rings. The van der Waals surface area contributed by atoms with Gasteiger partial charge in [-0.05, 0) is 17.3 Å². The van der Waals surface area contributed by atoms with Crippen LogP contribution in [0.5, 0.6) is 0 Å². The SMILES string of the molecule is CN1CCNC(=O)C2=CC/C=C(/Br)CC=C21. The molecule has 1 N–H and O–H groups in total. The largest absolute Gasteiger partial charge is 0.372 e. The van der Waals surface area contributed by atoms with E-state index >= 15 is 0 Å². The van der Waals surface area contributed by atoms with E-state index in [1.165, 1.54) is 4.48 Å². The number of hydrogen-bond donors (Lipinski definition) is 1. The number of fused-ring (bicyclic) bond motifs is 1. The Labute approximate surface area is 104 Å². The number of amides is 1. The zero-order valence-electron chi connectivity index (χ0n) is 9.29. The van der Waals surface area contributed by atoms with E-state index < -0.39 is 0 Å². The maximum absolute atomic E-state index is 11.9. The molecule has 1 heterocycles. The number of hydrogen-bond acceptors (Lipinski definition) is 2. The third-order valence-electron chi connectivity index (χ3n) is 2.82. The molecule has 4 heteroatoms. The van der Waals surface area contributed by atoms with Gasteiger partial charge in [-0.1, -0.05) is 34.2 Å². The van der Waals surface area contributed by atoms with Gasteiger partial charge in [-0.2, -0.15) is 0 Å². The van der Waals surface area contributed by atoms with Crippen LogP contribution in [0, 0.1) is 0 Å². The number of rotatable bonds is 0. The molecule has 0 spiro atoms. The summed E-state index contributed by atoms with van der Waals surface area (Å²) < 4.78 is 1.17. The average molecular weight is 283 g/mol. The first-order chi connectivity index (χ1) is 7.68. The van der Waals surface area contributed by atoms with Crippen LogP contribution in [0.2, 0.25) is 0 Å². The molecule has 16 heavy (non-hydrogen) atoms. The van der Waals surface area contributed by atoms with Crippen molar-refractivity contribution >= 4 is 21.8 Å². The summed E-state index contributed by atoms with van der Waals surface area (Å²) in [5, 5.41) is 2.91. The molecule has 1 amide bonds. The van der Waals surface area contributed by atoms with Crippen LogP contribution < -0.4 is 5.32 Å². The van der Waals surface area contributed by atoms with Crippen LogP contribution in [0.25, 0.3) is 0 Å². The zero-order chi connectivity index (χ0) is 11.5. The number of nitrogens with zero attached hydrogens (tertiary/aromatic N) is 1. The van der Waals surface area contributed by atoms with Crippen LogP contribution in [-0.2, 0) is 4.79 Å². The van der Waals surface area contributed by atoms with E-state index in [0.717, 1.165) is 30.7 Å². The first-order valence-corrected chi connectivity index (χ1v) is 6.22. The third-order valence-corrected chi connectivity index (χ3v) is 3.46. The third kappa shape index (κ3) is 2.38. The Kier molecular flexibility index (Phi) is 3.49. The minimum Gasteiger partial charge on any atom is -0.372 e. The zero-order valence-corrected chi connectivity index (χ0v) is 10.9. The van der Waals surface area contributed by atoms with Crippen molar-refractivity contribution in [1.29, 1.82) is 0 Å². The van der Waals surface area contributed by atoms with Crippen molar-refractivity contribution < 1.29 is 4.79 Å². The highest BCUT2D eigenvalue weighted by molar-refractivity contribution is 9.11. The molecule has 0 radical (unpaired) electrons. The van der Waals surface area contributed by atoms with E-state index in [4.69, 9.17) is 0 Å². The molecule has 0 saturated carbocycles. The fourth-order valence-electron chi connectivity index (χ4n) is 1.92. The molecule has 2 rings (SSSR count). The summed E-state index contributed by atoms with van der Waals surface area (Å²) in [5.74, 6) is 0.0435. The predicted molar refractivity (Wildman–Crippen MR) is 68.0 cm³/mol. The Morgan fingerprint density at radius 3 is 3.00 bits per heavy atom. The van der Waals surface area contributed by atoms with Crippen molar-refractivity contribution in [2.45, 2.75) is 12.8 Å². The van der Waals surface area contributed by atoms with Gasteiger partial charge in [0.15, 0.2) is 0 Å². The van der Waals surface area contributed by atoms with E-state index in [9.17, 15) is 4.79 Å². The van der Waals surface area contributed by atoms with Gasteiger partial charge in [-0.3, -0.25) is 4.79 Å². The smallest absolute Gasteiger partial charge is 0.253 e. The van der Waals surface area contributed by atoms with Crippen molar-refractivity contribution in [3.8, 4) is 0 Å². The van der Waals surface area contributed by atoms with Crippen LogP contribution >= 0.6 is 15.9 Å². The number of carbonyl (C=O) groups is 1. The van der Waals surface area contributed by atoms with Crippen molar-refractivity contribution in [1.82, 2.24) is 10.2 Å². The summed E-state index contributed by atoms with van der Waals surface area (Å²) in [6.45, 7) is 1.56. The van der Waals surface area contributed by atoms with Crippen molar-refractivity contribution in [2.24, 2.45) is 0 Å². The summed E-state index contributed by atoms with van der Waals surface area (Å²) in [4.78, 5) is 14.0. The van der Waals surface area contributed by atoms with Gasteiger partial charge in [0, 0.05) is 25.8 Å². The maximum Gasteiger partial charge on any atom is 0.253 e. The molecule has 2 aliphatic rings. The highest BCUT2D eigenvalue weighted by atomic mass is 79.9. The van der Waals surface area contributed by atoms with Crippen LogP contribution in [0.4, 0.5) is 0 Å². The molecule has 0 aromatic rings. The number of allylic oxidation sites excluding steroid dienone is 4. The second-order valence-electron chi connectivity index (χ2n) is 3.98. The minimum absolute atomic E-state index is 0.0435. The molecule has 0 unspecified atom stereocenters. The van der Waals surface area contributed by atoms with Gasteiger partial charge in [-0.25, -0.2) is 0 Å². The van der Waals surface area contributed by atoms with Crippen molar-refractivity contribution in [2.75, 3.05) is 20.1 Å². The fourth-order valence-corrected chi connectivity index (χ4v) is 2.27. The molecular formula is C12H15BrN2O. The Morgan fingerprint density at radius 2 is 2.19 bits per heavy atom. The van der Waals surface area contributed by atoms with Gasteiger partial charge >= 0.3 is 0 Å². The number of halogens is 1. The Hall–Kier alpha value is -1.03. The van der Waals surface area contributed by atoms with Crippen LogP contribution in [-0.4, -0.2) is 30.9 Å². The average Bonchev–Trinajstić information content (AvgIpc) is 2.34. The molecule has 1 aliphatic heterocycles.